The lowest BCUT2D eigenvalue weighted by molar-refractivity contribution is -0.128. The minimum absolute atomic E-state index is 0.106. The summed E-state index contributed by atoms with van der Waals surface area (Å²) in [6, 6.07) is 9.93. The van der Waals surface area contributed by atoms with E-state index in [4.69, 9.17) is 9.47 Å². The summed E-state index contributed by atoms with van der Waals surface area (Å²) in [4.78, 5) is 13.9. The summed E-state index contributed by atoms with van der Waals surface area (Å²) >= 11 is 0. The van der Waals surface area contributed by atoms with Crippen molar-refractivity contribution in [2.24, 2.45) is 0 Å². The molecule has 2 aliphatic rings. The summed E-state index contributed by atoms with van der Waals surface area (Å²) in [6.45, 7) is 3.34. The van der Waals surface area contributed by atoms with Crippen LogP contribution in [0.15, 0.2) is 30.3 Å². The molecule has 2 aromatic rings. The number of carbonyl (C=O) groups excluding carboxylic acids is 1. The number of hydrogen-bond donors (Lipinski definition) is 1. The van der Waals surface area contributed by atoms with Crippen molar-refractivity contribution in [2.45, 2.75) is 39.0 Å². The Hall–Kier alpha value is -2.69. The van der Waals surface area contributed by atoms with E-state index in [9.17, 15) is 9.90 Å². The molecule has 0 radical (unpaired) electrons. The van der Waals surface area contributed by atoms with Crippen LogP contribution in [0.4, 0.5) is 0 Å². The van der Waals surface area contributed by atoms with Gasteiger partial charge in [0.25, 0.3) is 0 Å². The van der Waals surface area contributed by atoms with Gasteiger partial charge < -0.3 is 19.5 Å². The number of rotatable bonds is 0. The summed E-state index contributed by atoms with van der Waals surface area (Å²) in [6.07, 6.45) is 4.20. The average Bonchev–Trinajstić information content (AvgIpc) is 3.10. The Morgan fingerprint density at radius 1 is 0.926 bits per heavy atom. The molecule has 4 rings (SSSR count). The molecule has 2 bridgehead atoms. The zero-order chi connectivity index (χ0) is 18.8. The predicted octanol–water partition coefficient (Wildman–Crippen LogP) is 3.24. The molecule has 0 unspecified atom stereocenters. The zero-order valence-corrected chi connectivity index (χ0v) is 15.7. The highest BCUT2D eigenvalue weighted by molar-refractivity contribution is 5.73. The van der Waals surface area contributed by atoms with E-state index in [1.165, 1.54) is 11.1 Å². The average molecular weight is 367 g/mol. The molecule has 0 saturated carbocycles. The SMILES string of the molecule is CC(=O)N1CCCc2cc3c(cc2CCc2cc(ccc2O)CC1)OCO3. The molecule has 0 aromatic heterocycles. The molecule has 0 atom stereocenters. The number of benzene rings is 2. The first kappa shape index (κ1) is 17.7. The van der Waals surface area contributed by atoms with Crippen molar-refractivity contribution in [3.8, 4) is 17.2 Å². The monoisotopic (exact) mass is 367 g/mol. The first-order valence-electron chi connectivity index (χ1n) is 9.58. The van der Waals surface area contributed by atoms with Gasteiger partial charge in [-0.3, -0.25) is 4.79 Å². The largest absolute Gasteiger partial charge is 0.508 e. The molecule has 1 N–H and O–H groups in total. The van der Waals surface area contributed by atoms with Crippen LogP contribution in [-0.4, -0.2) is 35.8 Å². The number of fused-ring (bicyclic) bond motifs is 4. The molecule has 1 amide bonds. The maximum atomic E-state index is 12.0. The minimum Gasteiger partial charge on any atom is -0.508 e. The van der Waals surface area contributed by atoms with Gasteiger partial charge >= 0.3 is 0 Å². The molecule has 5 nitrogen and oxygen atoms in total. The number of ether oxygens (including phenoxy) is 2. The summed E-state index contributed by atoms with van der Waals surface area (Å²) < 4.78 is 11.1. The lowest BCUT2D eigenvalue weighted by Crippen LogP contribution is -2.32. The quantitative estimate of drug-likeness (QED) is 0.777. The van der Waals surface area contributed by atoms with E-state index in [0.29, 0.717) is 12.3 Å². The number of phenols is 1. The topological polar surface area (TPSA) is 59.0 Å². The van der Waals surface area contributed by atoms with E-state index in [2.05, 4.69) is 18.2 Å². The third-order valence-electron chi connectivity index (χ3n) is 5.49. The Bertz CT molecular complexity index is 862. The Balaban J connectivity index is 1.68. The second kappa shape index (κ2) is 7.51. The molecular formula is C22H25NO4. The fourth-order valence-corrected chi connectivity index (χ4v) is 3.91. The lowest BCUT2D eigenvalue weighted by atomic mass is 9.95. The minimum atomic E-state index is 0.106. The summed E-state index contributed by atoms with van der Waals surface area (Å²) in [5.74, 6) is 2.03. The van der Waals surface area contributed by atoms with Gasteiger partial charge in [-0.15, -0.1) is 0 Å². The van der Waals surface area contributed by atoms with Gasteiger partial charge in [0.1, 0.15) is 5.75 Å². The number of hydrogen-bond acceptors (Lipinski definition) is 4. The second-order valence-electron chi connectivity index (χ2n) is 7.30. The standard InChI is InChI=1S/C22H25NO4/c1-15(24)23-9-2-3-17-12-21-22(27-14-26-21)13-18(17)5-6-19-11-16(8-10-23)4-7-20(19)25/h4,7,11-13,25H,2-3,5-6,8-10,14H2,1H3. The normalized spacial score (nSPS) is 16.7. The number of aryl methyl sites for hydroxylation is 3. The van der Waals surface area contributed by atoms with Crippen molar-refractivity contribution in [3.05, 3.63) is 52.6 Å². The van der Waals surface area contributed by atoms with E-state index in [1.54, 1.807) is 13.0 Å². The van der Waals surface area contributed by atoms with Gasteiger partial charge in [0, 0.05) is 20.0 Å². The third-order valence-corrected chi connectivity index (χ3v) is 5.49. The molecule has 142 valence electrons. The fraction of sp³-hybridized carbons (Fsp3) is 0.409. The van der Waals surface area contributed by atoms with E-state index in [0.717, 1.165) is 61.3 Å². The number of phenolic OH excluding ortho intramolecular Hbond substituents is 1. The Labute approximate surface area is 159 Å². The summed E-state index contributed by atoms with van der Waals surface area (Å²) in [5.41, 5.74) is 4.55. The van der Waals surface area contributed by atoms with Crippen LogP contribution < -0.4 is 9.47 Å². The number of amides is 1. The molecule has 0 fully saturated rings. The van der Waals surface area contributed by atoms with Crippen LogP contribution in [0.1, 0.15) is 35.6 Å². The highest BCUT2D eigenvalue weighted by Gasteiger charge is 2.18. The molecule has 27 heavy (non-hydrogen) atoms. The maximum absolute atomic E-state index is 12.0. The van der Waals surface area contributed by atoms with Gasteiger partial charge in [-0.05, 0) is 72.6 Å². The molecule has 2 aliphatic heterocycles. The maximum Gasteiger partial charge on any atom is 0.231 e. The third kappa shape index (κ3) is 3.87. The first-order valence-corrected chi connectivity index (χ1v) is 9.58. The van der Waals surface area contributed by atoms with Gasteiger partial charge in [0.15, 0.2) is 11.5 Å². The van der Waals surface area contributed by atoms with Gasteiger partial charge in [-0.2, -0.15) is 0 Å². The van der Waals surface area contributed by atoms with Gasteiger partial charge in [-0.25, -0.2) is 0 Å². The highest BCUT2D eigenvalue weighted by Crippen LogP contribution is 2.36. The highest BCUT2D eigenvalue weighted by atomic mass is 16.7. The van der Waals surface area contributed by atoms with Crippen LogP contribution in [0.25, 0.3) is 0 Å². The van der Waals surface area contributed by atoms with Crippen LogP contribution >= 0.6 is 0 Å². The van der Waals surface area contributed by atoms with Crippen LogP contribution in [0.3, 0.4) is 0 Å². The Morgan fingerprint density at radius 2 is 1.63 bits per heavy atom. The Kier molecular flexibility index (Phi) is 4.92. The smallest absolute Gasteiger partial charge is 0.231 e. The van der Waals surface area contributed by atoms with Crippen LogP contribution in [-0.2, 0) is 30.5 Å². The van der Waals surface area contributed by atoms with Crippen molar-refractivity contribution in [3.63, 3.8) is 0 Å². The number of nitrogens with zero attached hydrogens (tertiary/aromatic N) is 1. The van der Waals surface area contributed by atoms with Gasteiger partial charge in [0.2, 0.25) is 12.7 Å². The number of carbonyl (C=O) groups is 1. The van der Waals surface area contributed by atoms with Gasteiger partial charge in [0.05, 0.1) is 0 Å². The van der Waals surface area contributed by atoms with E-state index < -0.39 is 0 Å². The lowest BCUT2D eigenvalue weighted by Gasteiger charge is -2.21. The van der Waals surface area contributed by atoms with Gasteiger partial charge in [-0.1, -0.05) is 12.1 Å². The van der Waals surface area contributed by atoms with Crippen LogP contribution in [0.2, 0.25) is 0 Å². The van der Waals surface area contributed by atoms with E-state index in [1.807, 2.05) is 11.0 Å². The molecule has 5 heteroatoms. The molecule has 0 aliphatic carbocycles. The van der Waals surface area contributed by atoms with Crippen LogP contribution in [0, 0.1) is 0 Å². The van der Waals surface area contributed by atoms with Crippen molar-refractivity contribution < 1.29 is 19.4 Å². The molecular weight excluding hydrogens is 342 g/mol. The van der Waals surface area contributed by atoms with E-state index in [-0.39, 0.29) is 12.7 Å². The van der Waals surface area contributed by atoms with Crippen molar-refractivity contribution in [1.29, 1.82) is 0 Å². The zero-order valence-electron chi connectivity index (χ0n) is 15.7. The molecule has 2 aromatic carbocycles. The van der Waals surface area contributed by atoms with Crippen molar-refractivity contribution >= 4 is 5.91 Å². The van der Waals surface area contributed by atoms with Crippen molar-refractivity contribution in [2.75, 3.05) is 19.9 Å². The molecule has 0 saturated heterocycles. The fourth-order valence-electron chi connectivity index (χ4n) is 3.91. The predicted molar refractivity (Wildman–Crippen MR) is 102 cm³/mol. The van der Waals surface area contributed by atoms with Crippen molar-refractivity contribution in [1.82, 2.24) is 4.90 Å². The second-order valence-corrected chi connectivity index (χ2v) is 7.30. The first-order chi connectivity index (χ1) is 13.1. The molecule has 0 spiro atoms. The number of aromatic hydroxyl groups is 1. The summed E-state index contributed by atoms with van der Waals surface area (Å²) in [5, 5.41) is 10.3. The van der Waals surface area contributed by atoms with Crippen LogP contribution in [0.5, 0.6) is 17.2 Å². The summed E-state index contributed by atoms with van der Waals surface area (Å²) in [7, 11) is 0. The molecule has 2 heterocycles. The van der Waals surface area contributed by atoms with E-state index >= 15 is 0 Å². The Morgan fingerprint density at radius 3 is 2.37 bits per heavy atom.